The molecule has 1 nitrogen and oxygen atoms in total. The first-order valence-electron chi connectivity index (χ1n) is 6.14. The van der Waals surface area contributed by atoms with Gasteiger partial charge in [-0.3, -0.25) is 0 Å². The Morgan fingerprint density at radius 2 is 1.88 bits per heavy atom. The third kappa shape index (κ3) is 3.30. The Bertz CT molecular complexity index is 413. The summed E-state index contributed by atoms with van der Waals surface area (Å²) in [6.45, 7) is 1.74. The molecule has 17 heavy (non-hydrogen) atoms. The summed E-state index contributed by atoms with van der Waals surface area (Å²) in [4.78, 5) is 11.9. The molecule has 0 saturated carbocycles. The number of carbonyl (C=O) groups excluding carboxylic acids is 1. The van der Waals surface area contributed by atoms with E-state index in [9.17, 15) is 4.79 Å². The first-order chi connectivity index (χ1) is 8.29. The van der Waals surface area contributed by atoms with E-state index in [0.717, 1.165) is 12.8 Å². The third-order valence-electron chi connectivity index (χ3n) is 2.80. The number of rotatable bonds is 3. The van der Waals surface area contributed by atoms with Gasteiger partial charge in [0, 0.05) is 0 Å². The number of hydrogen-bond donors (Lipinski definition) is 0. The van der Waals surface area contributed by atoms with Crippen molar-refractivity contribution < 1.29 is 18.4 Å². The van der Waals surface area contributed by atoms with Crippen molar-refractivity contribution in [3.8, 4) is 0 Å². The van der Waals surface area contributed by atoms with Gasteiger partial charge >= 0.3 is 108 Å². The molecule has 2 rings (SSSR count). The van der Waals surface area contributed by atoms with Gasteiger partial charge in [-0.25, -0.2) is 0 Å². The zero-order valence-electron chi connectivity index (χ0n) is 10.2. The van der Waals surface area contributed by atoms with E-state index in [1.807, 2.05) is 0 Å². The van der Waals surface area contributed by atoms with E-state index in [0.29, 0.717) is 4.72 Å². The maximum absolute atomic E-state index is 11.9. The minimum absolute atomic E-state index is 0.340. The van der Waals surface area contributed by atoms with Crippen LogP contribution in [0.3, 0.4) is 0 Å². The van der Waals surface area contributed by atoms with E-state index < -0.39 is 13.7 Å². The van der Waals surface area contributed by atoms with Gasteiger partial charge in [0.2, 0.25) is 0 Å². The van der Waals surface area contributed by atoms with Gasteiger partial charge in [-0.1, -0.05) is 0 Å². The van der Waals surface area contributed by atoms with Crippen molar-refractivity contribution in [2.75, 3.05) is 0 Å². The van der Waals surface area contributed by atoms with Crippen LogP contribution in [-0.4, -0.2) is 4.72 Å². The summed E-state index contributed by atoms with van der Waals surface area (Å²) in [7, 11) is 0. The molecule has 0 heterocycles. The number of hydrogen-bond acceptors (Lipinski definition) is 1. The van der Waals surface area contributed by atoms with Crippen LogP contribution in [0.1, 0.15) is 39.0 Å². The van der Waals surface area contributed by atoms with Crippen LogP contribution in [0.4, 0.5) is 0 Å². The third-order valence-corrected chi connectivity index (χ3v) is 5.69. The molecule has 0 unspecified atom stereocenters. The molecule has 0 saturated heterocycles. The van der Waals surface area contributed by atoms with Gasteiger partial charge in [-0.15, -0.1) is 0 Å². The van der Waals surface area contributed by atoms with E-state index in [-0.39, 0.29) is 0 Å². The monoisotopic (exact) mass is 274 g/mol. The predicted molar refractivity (Wildman–Crippen MR) is 68.2 cm³/mol. The fourth-order valence-corrected chi connectivity index (χ4v) is 4.71. The molecule has 0 aromatic heterocycles. The Labute approximate surface area is 108 Å². The summed E-state index contributed by atoms with van der Waals surface area (Å²) in [5, 5.41) is 0. The van der Waals surface area contributed by atoms with Crippen LogP contribution >= 0.6 is 0 Å². The summed E-state index contributed by atoms with van der Waals surface area (Å²) in [6.07, 6.45) is 18.6. The van der Waals surface area contributed by atoms with Gasteiger partial charge in [-0.05, 0) is 0 Å². The van der Waals surface area contributed by atoms with Crippen molar-refractivity contribution in [1.82, 2.24) is 0 Å². The average molecular weight is 274 g/mol. The summed E-state index contributed by atoms with van der Waals surface area (Å²) in [5.41, 5.74) is 0. The quantitative estimate of drug-likeness (QED) is 0.760. The van der Waals surface area contributed by atoms with Crippen molar-refractivity contribution in [1.29, 1.82) is 0 Å². The molecule has 0 spiro atoms. The number of allylic oxidation sites excluding steroid dienone is 8. The minimum atomic E-state index is -0.673. The zero-order valence-corrected chi connectivity index (χ0v) is 11.3. The van der Waals surface area contributed by atoms with E-state index in [1.165, 1.54) is 28.3 Å². The van der Waals surface area contributed by atoms with Crippen molar-refractivity contribution in [3.05, 3.63) is 45.5 Å². The molecule has 0 aliphatic heterocycles. The van der Waals surface area contributed by atoms with Gasteiger partial charge in [0.15, 0.2) is 0 Å². The van der Waals surface area contributed by atoms with Gasteiger partial charge in [-0.2, -0.15) is 0 Å². The SMILES string of the molecule is C[C](=O)[Co]([C]1=CC=CC1)[C]1=CC=CCCCC1. The second-order valence-corrected chi connectivity index (χ2v) is 7.02. The van der Waals surface area contributed by atoms with Crippen LogP contribution in [0.5, 0.6) is 0 Å². The molecule has 94 valence electrons. The van der Waals surface area contributed by atoms with Gasteiger partial charge in [0.1, 0.15) is 0 Å². The predicted octanol–water partition coefficient (Wildman–Crippen LogP) is 4.01. The van der Waals surface area contributed by atoms with Crippen LogP contribution in [0, 0.1) is 0 Å². The van der Waals surface area contributed by atoms with E-state index >= 15 is 0 Å². The molecular weight excluding hydrogens is 255 g/mol. The van der Waals surface area contributed by atoms with Gasteiger partial charge < -0.3 is 0 Å². The Kier molecular flexibility index (Phi) is 4.57. The summed E-state index contributed by atoms with van der Waals surface area (Å²) < 4.78 is 3.02. The summed E-state index contributed by atoms with van der Waals surface area (Å²) in [6, 6.07) is 0. The fourth-order valence-electron chi connectivity index (χ4n) is 2.01. The van der Waals surface area contributed by atoms with Crippen molar-refractivity contribution in [2.45, 2.75) is 39.0 Å². The topological polar surface area (TPSA) is 17.1 Å². The van der Waals surface area contributed by atoms with E-state index in [4.69, 9.17) is 0 Å². The first kappa shape index (κ1) is 12.6. The summed E-state index contributed by atoms with van der Waals surface area (Å²) in [5.74, 6) is 0. The number of carbonyl (C=O) groups is 1. The Morgan fingerprint density at radius 1 is 1.12 bits per heavy atom. The molecule has 2 aliphatic carbocycles. The van der Waals surface area contributed by atoms with E-state index in [1.54, 1.807) is 6.92 Å². The molecule has 0 aromatic carbocycles. The molecule has 0 atom stereocenters. The van der Waals surface area contributed by atoms with E-state index in [2.05, 4.69) is 36.5 Å². The zero-order chi connectivity index (χ0) is 12.1. The molecule has 0 N–H and O–H groups in total. The molecular formula is C15H19CoO. The molecule has 0 fully saturated rings. The first-order valence-corrected chi connectivity index (χ1v) is 7.70. The average Bonchev–Trinajstić information content (AvgIpc) is 2.74. The normalized spacial score (nSPS) is 20.4. The molecule has 0 amide bonds. The van der Waals surface area contributed by atoms with Crippen molar-refractivity contribution >= 4 is 4.72 Å². The van der Waals surface area contributed by atoms with Gasteiger partial charge in [0.25, 0.3) is 0 Å². The second-order valence-electron chi connectivity index (χ2n) is 4.16. The molecule has 2 heteroatoms. The Morgan fingerprint density at radius 3 is 2.59 bits per heavy atom. The van der Waals surface area contributed by atoms with Crippen LogP contribution in [0.25, 0.3) is 0 Å². The molecule has 0 bridgehead atoms. The Hall–Kier alpha value is -0.864. The molecule has 2 aliphatic rings. The maximum atomic E-state index is 11.9. The Balaban J connectivity index is 2.22. The van der Waals surface area contributed by atoms with Crippen LogP contribution < -0.4 is 0 Å². The van der Waals surface area contributed by atoms with Crippen LogP contribution in [0.15, 0.2) is 45.5 Å². The fraction of sp³-hybridized carbons (Fsp3) is 0.400. The molecule has 0 aromatic rings. The van der Waals surface area contributed by atoms with Gasteiger partial charge in [0.05, 0.1) is 0 Å². The standard InChI is InChI=1S/C8H11.C5H5.C2H3O.Co/c1-2-4-6-8-7-5-3-1;1-2-4-5-3-1;1-2-3;/h1-3H,4,6-8H2;1-3H,4H2;1H3;. The van der Waals surface area contributed by atoms with Crippen LogP contribution in [0.2, 0.25) is 0 Å². The van der Waals surface area contributed by atoms with Crippen molar-refractivity contribution in [3.63, 3.8) is 0 Å². The summed E-state index contributed by atoms with van der Waals surface area (Å²) >= 11 is -0.673. The van der Waals surface area contributed by atoms with Crippen LogP contribution in [-0.2, 0) is 18.4 Å². The molecule has 0 radical (unpaired) electrons. The second kappa shape index (κ2) is 6.17. The van der Waals surface area contributed by atoms with Crippen molar-refractivity contribution in [2.24, 2.45) is 0 Å².